The van der Waals surface area contributed by atoms with Crippen LogP contribution in [0.1, 0.15) is 23.1 Å². The van der Waals surface area contributed by atoms with E-state index in [4.69, 9.17) is 17.3 Å². The largest absolute Gasteiger partial charge is 0.326 e. The van der Waals surface area contributed by atoms with Crippen molar-refractivity contribution < 1.29 is 12.8 Å². The van der Waals surface area contributed by atoms with Crippen LogP contribution < -0.4 is 10.0 Å². The van der Waals surface area contributed by atoms with E-state index in [2.05, 4.69) is 0 Å². The highest BCUT2D eigenvalue weighted by Gasteiger charge is 2.28. The second-order valence-corrected chi connectivity index (χ2v) is 8.15. The van der Waals surface area contributed by atoms with E-state index >= 15 is 0 Å². The summed E-state index contributed by atoms with van der Waals surface area (Å²) >= 11 is 5.75. The minimum absolute atomic E-state index is 0.0747. The summed E-state index contributed by atoms with van der Waals surface area (Å²) in [6.07, 6.45) is 1.59. The van der Waals surface area contributed by atoms with Crippen molar-refractivity contribution >= 4 is 27.3 Å². The molecule has 0 aliphatic carbocycles. The van der Waals surface area contributed by atoms with Crippen LogP contribution in [0.5, 0.6) is 0 Å². The fourth-order valence-corrected chi connectivity index (χ4v) is 4.79. The van der Waals surface area contributed by atoms with Crippen LogP contribution in [-0.2, 0) is 28.7 Å². The van der Waals surface area contributed by atoms with Gasteiger partial charge in [0, 0.05) is 13.1 Å². The van der Waals surface area contributed by atoms with Crippen LogP contribution >= 0.6 is 11.6 Å². The van der Waals surface area contributed by atoms with Crippen LogP contribution in [0.2, 0.25) is 5.02 Å². The van der Waals surface area contributed by atoms with E-state index in [1.54, 1.807) is 0 Å². The van der Waals surface area contributed by atoms with E-state index in [0.29, 0.717) is 24.3 Å². The van der Waals surface area contributed by atoms with Gasteiger partial charge >= 0.3 is 0 Å². The fourth-order valence-electron chi connectivity index (χ4n) is 2.95. The van der Waals surface area contributed by atoms with Crippen molar-refractivity contribution in [2.45, 2.75) is 25.1 Å². The van der Waals surface area contributed by atoms with E-state index in [1.807, 2.05) is 18.2 Å². The third-order valence-corrected chi connectivity index (χ3v) is 6.16. The summed E-state index contributed by atoms with van der Waals surface area (Å²) in [6, 6.07) is 9.61. The monoisotopic (exact) mass is 368 g/mol. The molecule has 0 atom stereocenters. The first-order chi connectivity index (χ1) is 11.4. The number of benzene rings is 2. The Labute approximate surface area is 146 Å². The standard InChI is InChI=1S/C17H18ClFN2O2S/c18-15-9-13(3-5-16(15)19)11-24(22,23)21-7-1-2-14-8-12(10-20)4-6-17(14)21/h3-6,8-9H,1-2,7,10-11,20H2. The Morgan fingerprint density at radius 3 is 2.62 bits per heavy atom. The SMILES string of the molecule is NCc1ccc2c(c1)CCCN2S(=O)(=O)Cc1ccc(F)c(Cl)c1. The number of nitrogens with two attached hydrogens (primary N) is 1. The molecule has 24 heavy (non-hydrogen) atoms. The molecule has 0 bridgehead atoms. The maximum atomic E-state index is 13.3. The molecule has 0 amide bonds. The maximum Gasteiger partial charge on any atom is 0.239 e. The van der Waals surface area contributed by atoms with Gasteiger partial charge in [0.15, 0.2) is 0 Å². The first-order valence-corrected chi connectivity index (χ1v) is 9.65. The van der Waals surface area contributed by atoms with Crippen molar-refractivity contribution in [3.8, 4) is 0 Å². The number of nitrogens with zero attached hydrogens (tertiary/aromatic N) is 1. The topological polar surface area (TPSA) is 63.4 Å². The number of anilines is 1. The summed E-state index contributed by atoms with van der Waals surface area (Å²) in [5.74, 6) is -0.777. The van der Waals surface area contributed by atoms with Gasteiger partial charge in [-0.15, -0.1) is 0 Å². The van der Waals surface area contributed by atoms with E-state index in [9.17, 15) is 12.8 Å². The highest BCUT2D eigenvalue weighted by molar-refractivity contribution is 7.92. The molecule has 4 nitrogen and oxygen atoms in total. The van der Waals surface area contributed by atoms with E-state index in [0.717, 1.165) is 24.0 Å². The Bertz CT molecular complexity index is 871. The van der Waals surface area contributed by atoms with Gasteiger partial charge in [0.1, 0.15) is 5.82 Å². The molecule has 0 radical (unpaired) electrons. The Hall–Kier alpha value is -1.63. The van der Waals surface area contributed by atoms with Gasteiger partial charge < -0.3 is 5.73 Å². The Morgan fingerprint density at radius 1 is 1.17 bits per heavy atom. The molecule has 2 N–H and O–H groups in total. The highest BCUT2D eigenvalue weighted by atomic mass is 35.5. The lowest BCUT2D eigenvalue weighted by Gasteiger charge is -2.31. The molecule has 7 heteroatoms. The fraction of sp³-hybridized carbons (Fsp3) is 0.294. The second-order valence-electron chi connectivity index (χ2n) is 5.85. The average molecular weight is 369 g/mol. The number of hydrogen-bond donors (Lipinski definition) is 1. The van der Waals surface area contributed by atoms with Gasteiger partial charge in [-0.1, -0.05) is 29.8 Å². The van der Waals surface area contributed by atoms with Crippen LogP contribution in [0.15, 0.2) is 36.4 Å². The third-order valence-electron chi connectivity index (χ3n) is 4.12. The van der Waals surface area contributed by atoms with Crippen LogP contribution in [-0.4, -0.2) is 15.0 Å². The molecular weight excluding hydrogens is 351 g/mol. The van der Waals surface area contributed by atoms with Crippen molar-refractivity contribution in [1.82, 2.24) is 0 Å². The minimum atomic E-state index is -3.58. The normalized spacial score (nSPS) is 14.5. The zero-order chi connectivity index (χ0) is 17.3. The summed E-state index contributed by atoms with van der Waals surface area (Å²) in [5, 5.41) is -0.0747. The van der Waals surface area contributed by atoms with Crippen molar-refractivity contribution in [3.63, 3.8) is 0 Å². The molecule has 1 aliphatic rings. The molecule has 0 aromatic heterocycles. The van der Waals surface area contributed by atoms with Gasteiger partial charge in [0.05, 0.1) is 16.5 Å². The summed E-state index contributed by atoms with van der Waals surface area (Å²) in [6.45, 7) is 0.861. The average Bonchev–Trinajstić information content (AvgIpc) is 2.56. The second kappa shape index (κ2) is 6.70. The first-order valence-electron chi connectivity index (χ1n) is 7.67. The van der Waals surface area contributed by atoms with Crippen molar-refractivity contribution in [1.29, 1.82) is 0 Å². The van der Waals surface area contributed by atoms with E-state index in [-0.39, 0.29) is 10.8 Å². The van der Waals surface area contributed by atoms with Crippen LogP contribution in [0.25, 0.3) is 0 Å². The molecule has 128 valence electrons. The molecule has 2 aromatic rings. The molecule has 0 fully saturated rings. The van der Waals surface area contributed by atoms with Crippen LogP contribution in [0.4, 0.5) is 10.1 Å². The molecule has 2 aromatic carbocycles. The summed E-state index contributed by atoms with van der Waals surface area (Å²) < 4.78 is 40.4. The van der Waals surface area contributed by atoms with E-state index < -0.39 is 15.8 Å². The lowest BCUT2D eigenvalue weighted by Crippen LogP contribution is -2.36. The lowest BCUT2D eigenvalue weighted by molar-refractivity contribution is 0.585. The van der Waals surface area contributed by atoms with Crippen molar-refractivity contribution in [3.05, 3.63) is 63.9 Å². The molecule has 3 rings (SSSR count). The quantitative estimate of drug-likeness (QED) is 0.901. The highest BCUT2D eigenvalue weighted by Crippen LogP contribution is 2.31. The maximum absolute atomic E-state index is 13.3. The number of aryl methyl sites for hydroxylation is 1. The number of fused-ring (bicyclic) bond motifs is 1. The molecule has 0 saturated heterocycles. The number of hydrogen-bond acceptors (Lipinski definition) is 3. The van der Waals surface area contributed by atoms with Crippen molar-refractivity contribution in [2.24, 2.45) is 5.73 Å². The smallest absolute Gasteiger partial charge is 0.239 e. The Balaban J connectivity index is 1.92. The van der Waals surface area contributed by atoms with Gasteiger partial charge in [-0.05, 0) is 47.7 Å². The summed E-state index contributed by atoms with van der Waals surface area (Å²) in [4.78, 5) is 0. The number of sulfonamides is 1. The molecule has 0 unspecified atom stereocenters. The molecule has 0 saturated carbocycles. The zero-order valence-corrected chi connectivity index (χ0v) is 14.6. The lowest BCUT2D eigenvalue weighted by atomic mass is 10.0. The van der Waals surface area contributed by atoms with E-state index in [1.165, 1.54) is 22.5 Å². The summed E-state index contributed by atoms with van der Waals surface area (Å²) in [5.41, 5.74) is 8.80. The van der Waals surface area contributed by atoms with Gasteiger partial charge in [0.25, 0.3) is 0 Å². The molecule has 1 aliphatic heterocycles. The number of halogens is 2. The van der Waals surface area contributed by atoms with Gasteiger partial charge in [-0.3, -0.25) is 4.31 Å². The minimum Gasteiger partial charge on any atom is -0.326 e. The third kappa shape index (κ3) is 3.41. The van der Waals surface area contributed by atoms with Gasteiger partial charge in [0.2, 0.25) is 10.0 Å². The predicted molar refractivity (Wildman–Crippen MR) is 94.0 cm³/mol. The van der Waals surface area contributed by atoms with Gasteiger partial charge in [-0.2, -0.15) is 0 Å². The Morgan fingerprint density at radius 2 is 1.92 bits per heavy atom. The zero-order valence-electron chi connectivity index (χ0n) is 13.0. The van der Waals surface area contributed by atoms with Crippen molar-refractivity contribution in [2.75, 3.05) is 10.8 Å². The molecular formula is C17H18ClFN2O2S. The Kier molecular flexibility index (Phi) is 4.80. The van der Waals surface area contributed by atoms with Gasteiger partial charge in [-0.25, -0.2) is 12.8 Å². The molecule has 0 spiro atoms. The summed E-state index contributed by atoms with van der Waals surface area (Å²) in [7, 11) is -3.58. The molecule has 1 heterocycles. The first kappa shape index (κ1) is 17.2. The van der Waals surface area contributed by atoms with Crippen LogP contribution in [0, 0.1) is 5.82 Å². The number of rotatable bonds is 4. The van der Waals surface area contributed by atoms with Crippen LogP contribution in [0.3, 0.4) is 0 Å². The predicted octanol–water partition coefficient (Wildman–Crippen LogP) is 3.22.